The first-order valence-corrected chi connectivity index (χ1v) is 13.1. The van der Waals surface area contributed by atoms with Crippen LogP contribution in [0.2, 0.25) is 0 Å². The van der Waals surface area contributed by atoms with Crippen molar-refractivity contribution in [1.29, 1.82) is 0 Å². The van der Waals surface area contributed by atoms with Crippen LogP contribution in [-0.2, 0) is 9.53 Å². The third-order valence-electron chi connectivity index (χ3n) is 8.22. The smallest absolute Gasteiger partial charge is 0.140 e. The SMILES string of the molecule is Cc1cc2occc2c(N2CCN(CCC3CCC(CC(=O)C4CCOCC4)CC3)CC2)n1. The maximum atomic E-state index is 12.6. The number of carbonyl (C=O) groups is 1. The molecule has 2 aromatic rings. The Morgan fingerprint density at radius 3 is 2.52 bits per heavy atom. The quantitative estimate of drug-likeness (QED) is 0.598. The summed E-state index contributed by atoms with van der Waals surface area (Å²) in [7, 11) is 0. The van der Waals surface area contributed by atoms with Crippen molar-refractivity contribution in [2.75, 3.05) is 50.8 Å². The predicted molar refractivity (Wildman–Crippen MR) is 131 cm³/mol. The summed E-state index contributed by atoms with van der Waals surface area (Å²) in [6.45, 7) is 9.03. The van der Waals surface area contributed by atoms with E-state index in [1.807, 2.05) is 19.1 Å². The summed E-state index contributed by atoms with van der Waals surface area (Å²) < 4.78 is 11.0. The van der Waals surface area contributed by atoms with E-state index in [4.69, 9.17) is 14.1 Å². The van der Waals surface area contributed by atoms with Gasteiger partial charge in [-0.05, 0) is 63.5 Å². The number of ether oxygens (including phenoxy) is 1. The first kappa shape index (κ1) is 22.9. The number of furan rings is 1. The van der Waals surface area contributed by atoms with E-state index in [1.165, 1.54) is 38.6 Å². The second kappa shape index (κ2) is 10.6. The fourth-order valence-corrected chi connectivity index (χ4v) is 6.05. The van der Waals surface area contributed by atoms with E-state index < -0.39 is 0 Å². The molecular weight excluding hydrogens is 414 g/mol. The molecule has 2 saturated heterocycles. The second-order valence-electron chi connectivity index (χ2n) is 10.5. The summed E-state index contributed by atoms with van der Waals surface area (Å²) in [5, 5.41) is 1.13. The van der Waals surface area contributed by atoms with Crippen LogP contribution in [0.4, 0.5) is 5.82 Å². The highest BCUT2D eigenvalue weighted by atomic mass is 16.5. The van der Waals surface area contributed by atoms with E-state index in [0.29, 0.717) is 11.7 Å². The Kier molecular flexibility index (Phi) is 7.31. The van der Waals surface area contributed by atoms with Crippen LogP contribution in [0, 0.1) is 24.7 Å². The molecule has 5 rings (SSSR count). The van der Waals surface area contributed by atoms with E-state index in [2.05, 4.69) is 9.80 Å². The zero-order chi connectivity index (χ0) is 22.6. The van der Waals surface area contributed by atoms with Crippen molar-refractivity contribution in [3.8, 4) is 0 Å². The van der Waals surface area contributed by atoms with Crippen molar-refractivity contribution in [3.63, 3.8) is 0 Å². The van der Waals surface area contributed by atoms with Gasteiger partial charge in [-0.15, -0.1) is 0 Å². The summed E-state index contributed by atoms with van der Waals surface area (Å²) in [6.07, 6.45) is 10.9. The third-order valence-corrected chi connectivity index (χ3v) is 8.22. The Labute approximate surface area is 197 Å². The molecule has 0 unspecified atom stereocenters. The van der Waals surface area contributed by atoms with Crippen molar-refractivity contribution in [3.05, 3.63) is 24.1 Å². The van der Waals surface area contributed by atoms with Crippen molar-refractivity contribution in [2.24, 2.45) is 17.8 Å². The second-order valence-corrected chi connectivity index (χ2v) is 10.5. The van der Waals surface area contributed by atoms with Crippen molar-refractivity contribution < 1.29 is 13.9 Å². The molecule has 2 aromatic heterocycles. The number of hydrogen-bond acceptors (Lipinski definition) is 6. The van der Waals surface area contributed by atoms with E-state index in [-0.39, 0.29) is 5.92 Å². The predicted octanol–water partition coefficient (Wildman–Crippen LogP) is 4.84. The van der Waals surface area contributed by atoms with E-state index in [0.717, 1.165) is 87.1 Å². The van der Waals surface area contributed by atoms with Crippen molar-refractivity contribution >= 4 is 22.6 Å². The van der Waals surface area contributed by atoms with Crippen LogP contribution in [0.3, 0.4) is 0 Å². The lowest BCUT2D eigenvalue weighted by Crippen LogP contribution is -2.47. The summed E-state index contributed by atoms with van der Waals surface area (Å²) >= 11 is 0. The molecule has 0 amide bonds. The summed E-state index contributed by atoms with van der Waals surface area (Å²) in [5.74, 6) is 3.32. The molecule has 2 aliphatic heterocycles. The van der Waals surface area contributed by atoms with Gasteiger partial charge in [0.05, 0.1) is 11.6 Å². The van der Waals surface area contributed by atoms with Gasteiger partial charge in [0.2, 0.25) is 0 Å². The minimum Gasteiger partial charge on any atom is -0.464 e. The molecule has 1 saturated carbocycles. The third kappa shape index (κ3) is 5.60. The number of hydrogen-bond donors (Lipinski definition) is 0. The molecule has 0 aromatic carbocycles. The van der Waals surface area contributed by atoms with Gasteiger partial charge in [0.25, 0.3) is 0 Å². The number of pyridine rings is 1. The Hall–Kier alpha value is -1.92. The molecule has 3 fully saturated rings. The Bertz CT molecular complexity index is 920. The zero-order valence-electron chi connectivity index (χ0n) is 20.1. The number of piperazine rings is 1. The number of carbonyl (C=O) groups excluding carboxylic acids is 1. The Morgan fingerprint density at radius 2 is 1.76 bits per heavy atom. The fourth-order valence-electron chi connectivity index (χ4n) is 6.05. The average Bonchev–Trinajstić information content (AvgIpc) is 3.32. The normalized spacial score (nSPS) is 25.5. The molecule has 1 aliphatic carbocycles. The molecular formula is C27H39N3O3. The number of ketones is 1. The lowest BCUT2D eigenvalue weighted by atomic mass is 9.77. The molecule has 3 aliphatic rings. The van der Waals surface area contributed by atoms with E-state index >= 15 is 0 Å². The molecule has 33 heavy (non-hydrogen) atoms. The highest BCUT2D eigenvalue weighted by Crippen LogP contribution is 2.34. The Morgan fingerprint density at radius 1 is 1.03 bits per heavy atom. The van der Waals surface area contributed by atoms with Gasteiger partial charge in [0, 0.05) is 63.5 Å². The van der Waals surface area contributed by atoms with Crippen LogP contribution in [0.1, 0.15) is 57.1 Å². The van der Waals surface area contributed by atoms with Gasteiger partial charge >= 0.3 is 0 Å². The van der Waals surface area contributed by atoms with Crippen molar-refractivity contribution in [2.45, 2.75) is 58.3 Å². The largest absolute Gasteiger partial charge is 0.464 e. The van der Waals surface area contributed by atoms with Gasteiger partial charge < -0.3 is 14.1 Å². The van der Waals surface area contributed by atoms with Gasteiger partial charge in [-0.2, -0.15) is 0 Å². The Balaban J connectivity index is 1.02. The number of aromatic nitrogens is 1. The van der Waals surface area contributed by atoms with Gasteiger partial charge in [0.1, 0.15) is 17.2 Å². The highest BCUT2D eigenvalue weighted by Gasteiger charge is 2.28. The average molecular weight is 454 g/mol. The monoisotopic (exact) mass is 453 g/mol. The first-order chi connectivity index (χ1) is 16.2. The standard InChI is InChI=1S/C27H39N3O3/c1-20-18-26-24(9-17-33-26)27(28-20)30-13-11-29(12-14-30)10-6-21-2-4-22(5-3-21)19-25(31)23-7-15-32-16-8-23/h9,17-18,21-23H,2-8,10-16,19H2,1H3. The number of aryl methyl sites for hydroxylation is 1. The summed E-state index contributed by atoms with van der Waals surface area (Å²) in [6, 6.07) is 4.06. The highest BCUT2D eigenvalue weighted by molar-refractivity contribution is 5.89. The van der Waals surface area contributed by atoms with E-state index in [9.17, 15) is 4.79 Å². The number of rotatable bonds is 7. The number of Topliss-reactive ketones (excluding diaryl/α,β-unsaturated/α-hetero) is 1. The molecule has 0 radical (unpaired) electrons. The lowest BCUT2D eigenvalue weighted by molar-refractivity contribution is -0.126. The van der Waals surface area contributed by atoms with Crippen LogP contribution in [0.5, 0.6) is 0 Å². The summed E-state index contributed by atoms with van der Waals surface area (Å²) in [4.78, 5) is 22.5. The van der Waals surface area contributed by atoms with Gasteiger partial charge in [-0.1, -0.05) is 12.8 Å². The van der Waals surface area contributed by atoms with Crippen molar-refractivity contribution in [1.82, 2.24) is 9.88 Å². The van der Waals surface area contributed by atoms with Gasteiger partial charge in [-0.3, -0.25) is 9.69 Å². The minimum absolute atomic E-state index is 0.273. The molecule has 6 heteroatoms. The molecule has 6 nitrogen and oxygen atoms in total. The zero-order valence-corrected chi connectivity index (χ0v) is 20.1. The molecule has 4 heterocycles. The molecule has 0 spiro atoms. The van der Waals surface area contributed by atoms with Crippen LogP contribution in [0.15, 0.2) is 22.8 Å². The minimum atomic E-state index is 0.273. The van der Waals surface area contributed by atoms with Crippen LogP contribution >= 0.6 is 0 Å². The molecule has 180 valence electrons. The van der Waals surface area contributed by atoms with Crippen LogP contribution in [-0.4, -0.2) is 61.6 Å². The number of fused-ring (bicyclic) bond motifs is 1. The number of nitrogens with zero attached hydrogens (tertiary/aromatic N) is 3. The lowest BCUT2D eigenvalue weighted by Gasteiger charge is -2.37. The topological polar surface area (TPSA) is 58.8 Å². The number of anilines is 1. The maximum absolute atomic E-state index is 12.6. The summed E-state index contributed by atoms with van der Waals surface area (Å²) in [5.41, 5.74) is 1.95. The van der Waals surface area contributed by atoms with Crippen LogP contribution < -0.4 is 4.90 Å². The first-order valence-electron chi connectivity index (χ1n) is 13.1. The molecule has 0 atom stereocenters. The maximum Gasteiger partial charge on any atom is 0.140 e. The molecule has 0 bridgehead atoms. The van der Waals surface area contributed by atoms with E-state index in [1.54, 1.807) is 6.26 Å². The van der Waals surface area contributed by atoms with Gasteiger partial charge in [-0.25, -0.2) is 4.98 Å². The van der Waals surface area contributed by atoms with Gasteiger partial charge in [0.15, 0.2) is 0 Å². The molecule has 0 N–H and O–H groups in total. The van der Waals surface area contributed by atoms with Crippen LogP contribution in [0.25, 0.3) is 11.0 Å². The fraction of sp³-hybridized carbons (Fsp3) is 0.704.